The molecule has 1 aliphatic heterocycles. The van der Waals surface area contributed by atoms with Crippen LogP contribution in [0.5, 0.6) is 0 Å². The minimum Gasteiger partial charge on any atom is -0.349 e. The number of hydrogen-bond acceptors (Lipinski definition) is 3. The van der Waals surface area contributed by atoms with Crippen molar-refractivity contribution in [2.24, 2.45) is 5.92 Å². The van der Waals surface area contributed by atoms with Crippen molar-refractivity contribution in [1.82, 2.24) is 9.62 Å². The van der Waals surface area contributed by atoms with E-state index in [0.29, 0.717) is 25.9 Å². The highest BCUT2D eigenvalue weighted by molar-refractivity contribution is 9.10. The van der Waals surface area contributed by atoms with Crippen molar-refractivity contribution >= 4 is 31.9 Å². The molecule has 1 fully saturated rings. The molecule has 5 nitrogen and oxygen atoms in total. The van der Waals surface area contributed by atoms with Crippen LogP contribution < -0.4 is 5.32 Å². The van der Waals surface area contributed by atoms with Gasteiger partial charge in [-0.15, -0.1) is 0 Å². The van der Waals surface area contributed by atoms with Crippen LogP contribution in [0.4, 0.5) is 4.39 Å². The zero-order valence-electron chi connectivity index (χ0n) is 15.4. The lowest BCUT2D eigenvalue weighted by molar-refractivity contribution is -0.126. The molecule has 1 amide bonds. The molecule has 0 bridgehead atoms. The van der Waals surface area contributed by atoms with Crippen molar-refractivity contribution in [3.63, 3.8) is 0 Å². The van der Waals surface area contributed by atoms with Gasteiger partial charge in [-0.05, 0) is 61.7 Å². The zero-order chi connectivity index (χ0) is 20.3. The Kier molecular flexibility index (Phi) is 6.52. The molecular formula is C20H22BrFN2O3S. The van der Waals surface area contributed by atoms with Gasteiger partial charge in [0, 0.05) is 23.5 Å². The van der Waals surface area contributed by atoms with Crippen LogP contribution in [0.25, 0.3) is 0 Å². The Balaban J connectivity index is 1.57. The molecule has 1 aliphatic rings. The van der Waals surface area contributed by atoms with Crippen molar-refractivity contribution in [3.05, 3.63) is 64.4 Å². The number of rotatable bonds is 5. The predicted octanol–water partition coefficient (Wildman–Crippen LogP) is 3.87. The quantitative estimate of drug-likeness (QED) is 0.723. The highest BCUT2D eigenvalue weighted by Gasteiger charge is 2.32. The van der Waals surface area contributed by atoms with Crippen LogP contribution in [0.3, 0.4) is 0 Å². The van der Waals surface area contributed by atoms with Crippen LogP contribution in [-0.2, 0) is 14.8 Å². The Morgan fingerprint density at radius 2 is 1.68 bits per heavy atom. The fraction of sp³-hybridized carbons (Fsp3) is 0.350. The maximum Gasteiger partial charge on any atom is 0.243 e. The van der Waals surface area contributed by atoms with Crippen molar-refractivity contribution in [2.45, 2.75) is 30.7 Å². The van der Waals surface area contributed by atoms with Crippen molar-refractivity contribution in [1.29, 1.82) is 0 Å². The van der Waals surface area contributed by atoms with Crippen LogP contribution in [0.15, 0.2) is 57.9 Å². The third-order valence-electron chi connectivity index (χ3n) is 5.00. The van der Waals surface area contributed by atoms with E-state index in [-0.39, 0.29) is 28.6 Å². The summed E-state index contributed by atoms with van der Waals surface area (Å²) in [6, 6.07) is 12.3. The molecule has 0 spiro atoms. The van der Waals surface area contributed by atoms with Gasteiger partial charge in [-0.3, -0.25) is 4.79 Å². The lowest BCUT2D eigenvalue weighted by Crippen LogP contribution is -2.43. The molecule has 150 valence electrons. The molecule has 0 aliphatic carbocycles. The maximum atomic E-state index is 13.0. The monoisotopic (exact) mass is 468 g/mol. The smallest absolute Gasteiger partial charge is 0.243 e. The summed E-state index contributed by atoms with van der Waals surface area (Å²) in [5.41, 5.74) is 0.824. The topological polar surface area (TPSA) is 66.5 Å². The molecule has 0 aromatic heterocycles. The Morgan fingerprint density at radius 3 is 2.25 bits per heavy atom. The second kappa shape index (κ2) is 8.71. The van der Waals surface area contributed by atoms with E-state index in [4.69, 9.17) is 0 Å². The summed E-state index contributed by atoms with van der Waals surface area (Å²) < 4.78 is 40.8. The minimum atomic E-state index is -3.55. The molecule has 1 atom stereocenters. The van der Waals surface area contributed by atoms with E-state index in [9.17, 15) is 17.6 Å². The summed E-state index contributed by atoms with van der Waals surface area (Å²) >= 11 is 3.30. The number of halogens is 2. The van der Waals surface area contributed by atoms with Gasteiger partial charge in [0.15, 0.2) is 0 Å². The Bertz CT molecular complexity index is 925. The third kappa shape index (κ3) is 4.79. The van der Waals surface area contributed by atoms with E-state index in [2.05, 4.69) is 21.2 Å². The number of nitrogens with one attached hydrogen (secondary N) is 1. The SMILES string of the molecule is C[C@@H](NC(=O)C1CCN(S(=O)(=O)c2ccc(Br)cc2)CC1)c1ccc(F)cc1. The highest BCUT2D eigenvalue weighted by Crippen LogP contribution is 2.25. The van der Waals surface area contributed by atoms with E-state index < -0.39 is 10.0 Å². The lowest BCUT2D eigenvalue weighted by atomic mass is 9.96. The Morgan fingerprint density at radius 1 is 1.11 bits per heavy atom. The fourth-order valence-corrected chi connectivity index (χ4v) is 5.01. The first-order chi connectivity index (χ1) is 13.3. The first kappa shape index (κ1) is 21.0. The van der Waals surface area contributed by atoms with E-state index in [1.807, 2.05) is 6.92 Å². The van der Waals surface area contributed by atoms with Crippen LogP contribution >= 0.6 is 15.9 Å². The molecular weight excluding hydrogens is 447 g/mol. The van der Waals surface area contributed by atoms with E-state index in [0.717, 1.165) is 10.0 Å². The number of carbonyl (C=O) groups is 1. The van der Waals surface area contributed by atoms with Gasteiger partial charge in [0.2, 0.25) is 15.9 Å². The lowest BCUT2D eigenvalue weighted by Gasteiger charge is -2.31. The van der Waals surface area contributed by atoms with Gasteiger partial charge in [0.25, 0.3) is 0 Å². The molecule has 1 N–H and O–H groups in total. The fourth-order valence-electron chi connectivity index (χ4n) is 3.28. The molecule has 0 unspecified atom stereocenters. The normalized spacial score (nSPS) is 17.2. The largest absolute Gasteiger partial charge is 0.349 e. The average Bonchev–Trinajstić information content (AvgIpc) is 2.69. The van der Waals surface area contributed by atoms with Gasteiger partial charge in [-0.1, -0.05) is 28.1 Å². The summed E-state index contributed by atoms with van der Waals surface area (Å²) in [6.07, 6.45) is 0.940. The summed E-state index contributed by atoms with van der Waals surface area (Å²) in [7, 11) is -3.55. The number of benzene rings is 2. The first-order valence-electron chi connectivity index (χ1n) is 9.09. The van der Waals surface area contributed by atoms with Crippen LogP contribution in [0.1, 0.15) is 31.4 Å². The second-order valence-electron chi connectivity index (χ2n) is 6.91. The van der Waals surface area contributed by atoms with Gasteiger partial charge >= 0.3 is 0 Å². The molecule has 3 rings (SSSR count). The van der Waals surface area contributed by atoms with Crippen LogP contribution in [-0.4, -0.2) is 31.7 Å². The molecule has 2 aromatic carbocycles. The van der Waals surface area contributed by atoms with Crippen molar-refractivity contribution in [3.8, 4) is 0 Å². The molecule has 1 saturated heterocycles. The standard InChI is InChI=1S/C20H22BrFN2O3S/c1-14(15-2-6-18(22)7-3-15)23-20(25)16-10-12-24(13-11-16)28(26,27)19-8-4-17(21)5-9-19/h2-9,14,16H,10-13H2,1H3,(H,23,25)/t14-/m1/s1. The summed E-state index contributed by atoms with van der Waals surface area (Å²) in [4.78, 5) is 12.8. The van der Waals surface area contributed by atoms with Gasteiger partial charge in [-0.2, -0.15) is 4.31 Å². The van der Waals surface area contributed by atoms with Crippen LogP contribution in [0, 0.1) is 11.7 Å². The van der Waals surface area contributed by atoms with E-state index in [1.165, 1.54) is 16.4 Å². The summed E-state index contributed by atoms with van der Waals surface area (Å²) in [5, 5.41) is 2.94. The van der Waals surface area contributed by atoms with Crippen LogP contribution in [0.2, 0.25) is 0 Å². The predicted molar refractivity (Wildman–Crippen MR) is 109 cm³/mol. The Labute approximate surface area is 173 Å². The van der Waals surface area contributed by atoms with Gasteiger partial charge < -0.3 is 5.32 Å². The summed E-state index contributed by atoms with van der Waals surface area (Å²) in [6.45, 7) is 2.46. The van der Waals surface area contributed by atoms with E-state index >= 15 is 0 Å². The third-order valence-corrected chi connectivity index (χ3v) is 7.45. The van der Waals surface area contributed by atoms with E-state index in [1.54, 1.807) is 36.4 Å². The number of hydrogen-bond donors (Lipinski definition) is 1. The number of carbonyl (C=O) groups excluding carboxylic acids is 1. The molecule has 2 aromatic rings. The van der Waals surface area contributed by atoms with Gasteiger partial charge in [-0.25, -0.2) is 12.8 Å². The minimum absolute atomic E-state index is 0.0995. The molecule has 8 heteroatoms. The maximum absolute atomic E-state index is 13.0. The average molecular weight is 469 g/mol. The zero-order valence-corrected chi connectivity index (χ0v) is 17.8. The highest BCUT2D eigenvalue weighted by atomic mass is 79.9. The number of sulfonamides is 1. The molecule has 0 radical (unpaired) electrons. The number of amides is 1. The van der Waals surface area contributed by atoms with Gasteiger partial charge in [0.1, 0.15) is 5.82 Å². The number of nitrogens with zero attached hydrogens (tertiary/aromatic N) is 1. The number of piperidine rings is 1. The molecule has 28 heavy (non-hydrogen) atoms. The first-order valence-corrected chi connectivity index (χ1v) is 11.3. The molecule has 0 saturated carbocycles. The van der Waals surface area contributed by atoms with Crippen molar-refractivity contribution in [2.75, 3.05) is 13.1 Å². The summed E-state index contributed by atoms with van der Waals surface area (Å²) in [5.74, 6) is -0.654. The second-order valence-corrected chi connectivity index (χ2v) is 9.77. The van der Waals surface area contributed by atoms with Gasteiger partial charge in [0.05, 0.1) is 10.9 Å². The Hall–Kier alpha value is -1.77. The molecule has 1 heterocycles. The van der Waals surface area contributed by atoms with Crippen molar-refractivity contribution < 1.29 is 17.6 Å².